The quantitative estimate of drug-likeness (QED) is 0.928. The summed E-state index contributed by atoms with van der Waals surface area (Å²) in [5.41, 5.74) is 7.01. The lowest BCUT2D eigenvalue weighted by atomic mass is 10.1. The van der Waals surface area contributed by atoms with Crippen LogP contribution in [0.2, 0.25) is 0 Å². The number of halogens is 1. The minimum Gasteiger partial charge on any atom is -0.369 e. The molecule has 1 fully saturated rings. The molecule has 0 aliphatic heterocycles. The minimum absolute atomic E-state index is 0.362. The molecule has 1 unspecified atom stereocenters. The van der Waals surface area contributed by atoms with Crippen LogP contribution in [-0.2, 0) is 4.79 Å². The first-order valence-electron chi connectivity index (χ1n) is 5.71. The maximum absolute atomic E-state index is 11.1. The van der Waals surface area contributed by atoms with E-state index in [0.29, 0.717) is 5.69 Å². The maximum atomic E-state index is 11.1. The number of aromatic nitrogens is 1. The van der Waals surface area contributed by atoms with Gasteiger partial charge in [-0.25, -0.2) is 0 Å². The fourth-order valence-electron chi connectivity index (χ4n) is 1.54. The van der Waals surface area contributed by atoms with Gasteiger partial charge in [-0.2, -0.15) is 0 Å². The molecule has 17 heavy (non-hydrogen) atoms. The lowest BCUT2D eigenvalue weighted by Crippen LogP contribution is -2.20. The molecule has 0 saturated heterocycles. The van der Waals surface area contributed by atoms with Gasteiger partial charge in [0.05, 0.1) is 11.6 Å². The van der Waals surface area contributed by atoms with E-state index in [9.17, 15) is 4.79 Å². The zero-order valence-electron chi connectivity index (χ0n) is 9.69. The molecular weight excluding hydrogens is 280 g/mol. The van der Waals surface area contributed by atoms with Gasteiger partial charge in [0.25, 0.3) is 0 Å². The Balaban J connectivity index is 2.18. The maximum Gasteiger partial charge on any atom is 0.226 e. The summed E-state index contributed by atoms with van der Waals surface area (Å²) in [5.74, 6) is 0.0169. The Morgan fingerprint density at radius 3 is 2.88 bits per heavy atom. The molecular formula is C13H15BrN2O. The van der Waals surface area contributed by atoms with Gasteiger partial charge in [-0.15, -0.1) is 0 Å². The molecule has 2 N–H and O–H groups in total. The first-order valence-corrected chi connectivity index (χ1v) is 6.50. The predicted molar refractivity (Wildman–Crippen MR) is 71.3 cm³/mol. The van der Waals surface area contributed by atoms with Gasteiger partial charge >= 0.3 is 0 Å². The van der Waals surface area contributed by atoms with Crippen LogP contribution in [0.1, 0.15) is 36.9 Å². The van der Waals surface area contributed by atoms with Crippen LogP contribution in [0.3, 0.4) is 0 Å². The molecule has 0 bridgehead atoms. The summed E-state index contributed by atoms with van der Waals surface area (Å²) in [6.07, 6.45) is 8.65. The summed E-state index contributed by atoms with van der Waals surface area (Å²) in [4.78, 5) is 15.4. The number of primary amides is 1. The van der Waals surface area contributed by atoms with Gasteiger partial charge in [0.2, 0.25) is 5.91 Å². The summed E-state index contributed by atoms with van der Waals surface area (Å²) in [6.45, 7) is 1.76. The zero-order chi connectivity index (χ0) is 12.4. The molecule has 1 aliphatic carbocycles. The molecule has 4 heteroatoms. The van der Waals surface area contributed by atoms with Crippen LogP contribution in [0, 0.1) is 5.92 Å². The largest absolute Gasteiger partial charge is 0.369 e. The van der Waals surface area contributed by atoms with E-state index in [0.717, 1.165) is 16.0 Å². The number of nitrogens with zero attached hydrogens (tertiary/aromatic N) is 1. The van der Waals surface area contributed by atoms with Crippen molar-refractivity contribution in [2.24, 2.45) is 11.7 Å². The normalized spacial score (nSPS) is 17.3. The third-order valence-electron chi connectivity index (χ3n) is 2.91. The predicted octanol–water partition coefficient (Wildman–Crippen LogP) is 2.86. The Kier molecular flexibility index (Phi) is 3.62. The van der Waals surface area contributed by atoms with Crippen LogP contribution >= 0.6 is 15.9 Å². The van der Waals surface area contributed by atoms with E-state index in [2.05, 4.69) is 33.1 Å². The highest BCUT2D eigenvalue weighted by Crippen LogP contribution is 2.31. The van der Waals surface area contributed by atoms with Crippen molar-refractivity contribution >= 4 is 27.9 Å². The van der Waals surface area contributed by atoms with Crippen LogP contribution in [0.4, 0.5) is 0 Å². The topological polar surface area (TPSA) is 56.0 Å². The summed E-state index contributed by atoms with van der Waals surface area (Å²) in [7, 11) is 0. The second-order valence-electron chi connectivity index (χ2n) is 4.46. The van der Waals surface area contributed by atoms with Gasteiger partial charge < -0.3 is 5.73 Å². The fourth-order valence-corrected chi connectivity index (χ4v) is 2.25. The first kappa shape index (κ1) is 12.3. The Morgan fingerprint density at radius 1 is 1.65 bits per heavy atom. The van der Waals surface area contributed by atoms with Crippen molar-refractivity contribution in [3.05, 3.63) is 34.1 Å². The molecule has 3 nitrogen and oxygen atoms in total. The number of pyridine rings is 1. The number of nitrogens with two attached hydrogens (primary N) is 1. The van der Waals surface area contributed by atoms with E-state index < -0.39 is 0 Å². The second-order valence-corrected chi connectivity index (χ2v) is 5.31. The van der Waals surface area contributed by atoms with Gasteiger partial charge in [-0.1, -0.05) is 12.2 Å². The standard InChI is InChI=1S/C13H15BrN2O/c1-8(13(15)17)12-11(14)6-10(7-16-12)5-4-9-2-3-9/h4-9H,2-3H2,1H3,(H2,15,17)/b5-4-. The lowest BCUT2D eigenvalue weighted by molar-refractivity contribution is -0.119. The fraction of sp³-hybridized carbons (Fsp3) is 0.385. The highest BCUT2D eigenvalue weighted by atomic mass is 79.9. The van der Waals surface area contributed by atoms with Gasteiger partial charge in [0, 0.05) is 10.7 Å². The number of allylic oxidation sites excluding steroid dienone is 1. The molecule has 2 rings (SSSR count). The van der Waals surface area contributed by atoms with Crippen molar-refractivity contribution in [3.8, 4) is 0 Å². The number of carbonyl (C=O) groups is 1. The molecule has 0 spiro atoms. The highest BCUT2D eigenvalue weighted by Gasteiger charge is 2.18. The molecule has 1 saturated carbocycles. The van der Waals surface area contributed by atoms with Crippen molar-refractivity contribution in [2.75, 3.05) is 0 Å². The summed E-state index contributed by atoms with van der Waals surface area (Å²) in [6, 6.07) is 1.97. The van der Waals surface area contributed by atoms with Crippen molar-refractivity contribution < 1.29 is 4.79 Å². The van der Waals surface area contributed by atoms with E-state index >= 15 is 0 Å². The molecule has 1 aromatic rings. The average molecular weight is 295 g/mol. The first-order chi connectivity index (χ1) is 8.08. The number of hydrogen-bond acceptors (Lipinski definition) is 2. The van der Waals surface area contributed by atoms with E-state index in [1.165, 1.54) is 12.8 Å². The Morgan fingerprint density at radius 2 is 2.35 bits per heavy atom. The number of hydrogen-bond donors (Lipinski definition) is 1. The monoisotopic (exact) mass is 294 g/mol. The van der Waals surface area contributed by atoms with Gasteiger partial charge in [-0.3, -0.25) is 9.78 Å². The number of amides is 1. The third-order valence-corrected chi connectivity index (χ3v) is 3.55. The van der Waals surface area contributed by atoms with Gasteiger partial charge in [0.15, 0.2) is 0 Å². The highest BCUT2D eigenvalue weighted by molar-refractivity contribution is 9.10. The van der Waals surface area contributed by atoms with Crippen LogP contribution in [0.15, 0.2) is 22.8 Å². The van der Waals surface area contributed by atoms with Gasteiger partial charge in [0.1, 0.15) is 0 Å². The molecule has 90 valence electrons. The summed E-state index contributed by atoms with van der Waals surface area (Å²) >= 11 is 3.43. The Bertz CT molecular complexity index is 466. The number of carbonyl (C=O) groups excluding carboxylic acids is 1. The lowest BCUT2D eigenvalue weighted by Gasteiger charge is -2.09. The van der Waals surface area contributed by atoms with E-state index in [-0.39, 0.29) is 11.8 Å². The minimum atomic E-state index is -0.370. The molecule has 1 amide bonds. The van der Waals surface area contributed by atoms with E-state index in [1.807, 2.05) is 6.07 Å². The molecule has 1 heterocycles. The van der Waals surface area contributed by atoms with Crippen LogP contribution in [0.5, 0.6) is 0 Å². The average Bonchev–Trinajstić information content (AvgIpc) is 3.09. The van der Waals surface area contributed by atoms with Crippen molar-refractivity contribution in [1.82, 2.24) is 4.98 Å². The summed E-state index contributed by atoms with van der Waals surface area (Å²) in [5, 5.41) is 0. The molecule has 0 aromatic carbocycles. The molecule has 1 aromatic heterocycles. The smallest absolute Gasteiger partial charge is 0.226 e. The Labute approximate surface area is 109 Å². The van der Waals surface area contributed by atoms with Gasteiger partial charge in [-0.05, 0) is 53.2 Å². The molecule has 0 radical (unpaired) electrons. The summed E-state index contributed by atoms with van der Waals surface area (Å²) < 4.78 is 0.835. The Hall–Kier alpha value is -1.16. The van der Waals surface area contributed by atoms with E-state index in [4.69, 9.17) is 5.73 Å². The van der Waals surface area contributed by atoms with E-state index in [1.54, 1.807) is 13.1 Å². The third kappa shape index (κ3) is 3.16. The SMILES string of the molecule is CC(C(N)=O)c1ncc(/C=C\C2CC2)cc1Br. The van der Waals surface area contributed by atoms with Crippen molar-refractivity contribution in [1.29, 1.82) is 0 Å². The number of rotatable bonds is 4. The van der Waals surface area contributed by atoms with Crippen LogP contribution < -0.4 is 5.73 Å². The van der Waals surface area contributed by atoms with Crippen LogP contribution in [0.25, 0.3) is 6.08 Å². The molecule has 1 atom stereocenters. The van der Waals surface area contributed by atoms with Crippen molar-refractivity contribution in [2.45, 2.75) is 25.7 Å². The molecule has 1 aliphatic rings. The van der Waals surface area contributed by atoms with Crippen LogP contribution in [-0.4, -0.2) is 10.9 Å². The second kappa shape index (κ2) is 5.00. The zero-order valence-corrected chi connectivity index (χ0v) is 11.3. The van der Waals surface area contributed by atoms with Crippen molar-refractivity contribution in [3.63, 3.8) is 0 Å².